The average Bonchev–Trinajstić information content (AvgIpc) is 2.39. The summed E-state index contributed by atoms with van der Waals surface area (Å²) in [5, 5.41) is 2.63. The lowest BCUT2D eigenvalue weighted by atomic mass is 9.83. The Morgan fingerprint density at radius 1 is 1.17 bits per heavy atom. The topological polar surface area (TPSA) is 25.2 Å². The van der Waals surface area contributed by atoms with Gasteiger partial charge in [0.15, 0.2) is 0 Å². The second kappa shape index (κ2) is 4.20. The van der Waals surface area contributed by atoms with Crippen LogP contribution in [-0.2, 0) is 6.42 Å². The number of pyridine rings is 1. The fourth-order valence-corrected chi connectivity index (χ4v) is 2.97. The van der Waals surface area contributed by atoms with Crippen molar-refractivity contribution in [3.8, 4) is 0 Å². The van der Waals surface area contributed by atoms with Crippen LogP contribution in [0.4, 0.5) is 0 Å². The van der Waals surface area contributed by atoms with Crippen molar-refractivity contribution in [2.75, 3.05) is 7.05 Å². The molecule has 0 aliphatic heterocycles. The normalized spacial score (nSPS) is 21.3. The van der Waals surface area contributed by atoms with Crippen LogP contribution in [0.15, 0.2) is 29.3 Å². The molecule has 0 saturated carbocycles. The van der Waals surface area contributed by atoms with Crippen molar-refractivity contribution in [3.05, 3.63) is 41.2 Å². The molecule has 1 atom stereocenters. The van der Waals surface area contributed by atoms with Crippen LogP contribution in [0.2, 0.25) is 0 Å². The summed E-state index contributed by atoms with van der Waals surface area (Å²) in [4.78, 5) is 9.24. The summed E-state index contributed by atoms with van der Waals surface area (Å²) >= 11 is 0. The van der Waals surface area contributed by atoms with Crippen LogP contribution >= 0.6 is 0 Å². The molecular weight excluding hydrogens is 220 g/mol. The molecule has 0 saturated heterocycles. The smallest absolute Gasteiger partial charge is 0.0881 e. The van der Waals surface area contributed by atoms with E-state index < -0.39 is 0 Å². The van der Waals surface area contributed by atoms with Crippen LogP contribution in [-0.4, -0.2) is 17.7 Å². The molecule has 1 heterocycles. The van der Waals surface area contributed by atoms with Crippen molar-refractivity contribution in [3.63, 3.8) is 0 Å². The lowest BCUT2D eigenvalue weighted by molar-refractivity contribution is 0.591. The van der Waals surface area contributed by atoms with E-state index in [0.717, 1.165) is 29.9 Å². The van der Waals surface area contributed by atoms with Gasteiger partial charge in [-0.05, 0) is 36.6 Å². The first-order chi connectivity index (χ1) is 8.70. The quantitative estimate of drug-likeness (QED) is 0.689. The minimum Gasteiger partial charge on any atom is -0.291 e. The summed E-state index contributed by atoms with van der Waals surface area (Å²) in [5.74, 6) is 0.657. The third kappa shape index (κ3) is 1.64. The molecule has 0 bridgehead atoms. The maximum Gasteiger partial charge on any atom is 0.0881 e. The number of benzene rings is 1. The number of fused-ring (bicyclic) bond motifs is 3. The molecule has 3 rings (SSSR count). The van der Waals surface area contributed by atoms with Gasteiger partial charge >= 0.3 is 0 Å². The standard InChI is InChI=1S/C16H18N2/c1-10-8-14-13-7-5-4-6-12(13)11(2)18-16(14)15(9-10)17-3/h4-7,10H,8-9H2,1-3H3. The van der Waals surface area contributed by atoms with Crippen LogP contribution in [0, 0.1) is 12.8 Å². The van der Waals surface area contributed by atoms with Gasteiger partial charge in [-0.3, -0.25) is 9.98 Å². The third-order valence-corrected chi connectivity index (χ3v) is 3.84. The number of aromatic nitrogens is 1. The van der Waals surface area contributed by atoms with E-state index in [0.29, 0.717) is 5.92 Å². The van der Waals surface area contributed by atoms with Gasteiger partial charge in [-0.1, -0.05) is 31.2 Å². The highest BCUT2D eigenvalue weighted by Crippen LogP contribution is 2.31. The second-order valence-corrected chi connectivity index (χ2v) is 5.25. The number of hydrogen-bond donors (Lipinski definition) is 0. The summed E-state index contributed by atoms with van der Waals surface area (Å²) in [6, 6.07) is 8.59. The minimum absolute atomic E-state index is 0.657. The fourth-order valence-electron chi connectivity index (χ4n) is 2.97. The Bertz CT molecular complexity index is 641. The van der Waals surface area contributed by atoms with E-state index >= 15 is 0 Å². The molecule has 1 aromatic carbocycles. The molecule has 1 aliphatic rings. The molecule has 2 aromatic rings. The molecule has 0 N–H and O–H groups in total. The van der Waals surface area contributed by atoms with Gasteiger partial charge in [0.1, 0.15) is 0 Å². The highest BCUT2D eigenvalue weighted by molar-refractivity contribution is 6.05. The largest absolute Gasteiger partial charge is 0.291 e. The molecule has 0 radical (unpaired) electrons. The Labute approximate surface area is 108 Å². The molecule has 0 spiro atoms. The second-order valence-electron chi connectivity index (χ2n) is 5.25. The van der Waals surface area contributed by atoms with E-state index in [9.17, 15) is 0 Å². The number of aryl methyl sites for hydroxylation is 1. The zero-order chi connectivity index (χ0) is 12.7. The number of aliphatic imine (C=N–C) groups is 1. The van der Waals surface area contributed by atoms with Crippen molar-refractivity contribution in [2.45, 2.75) is 26.7 Å². The van der Waals surface area contributed by atoms with Gasteiger partial charge in [0.05, 0.1) is 11.4 Å². The summed E-state index contributed by atoms with van der Waals surface area (Å²) in [6.07, 6.45) is 2.16. The van der Waals surface area contributed by atoms with Crippen molar-refractivity contribution in [1.29, 1.82) is 0 Å². The molecule has 1 aromatic heterocycles. The fraction of sp³-hybridized carbons (Fsp3) is 0.375. The van der Waals surface area contributed by atoms with Crippen LogP contribution in [0.3, 0.4) is 0 Å². The Kier molecular flexibility index (Phi) is 2.66. The molecule has 2 heteroatoms. The van der Waals surface area contributed by atoms with Gasteiger partial charge in [0.2, 0.25) is 0 Å². The Balaban J connectivity index is 2.38. The lowest BCUT2D eigenvalue weighted by Crippen LogP contribution is -2.21. The maximum atomic E-state index is 4.80. The molecule has 18 heavy (non-hydrogen) atoms. The highest BCUT2D eigenvalue weighted by Gasteiger charge is 2.24. The van der Waals surface area contributed by atoms with Gasteiger partial charge in [-0.2, -0.15) is 0 Å². The first kappa shape index (κ1) is 11.4. The predicted octanol–water partition coefficient (Wildman–Crippen LogP) is 3.54. The van der Waals surface area contributed by atoms with Crippen molar-refractivity contribution < 1.29 is 0 Å². The van der Waals surface area contributed by atoms with Gasteiger partial charge in [-0.15, -0.1) is 0 Å². The van der Waals surface area contributed by atoms with Crippen molar-refractivity contribution >= 4 is 16.5 Å². The van der Waals surface area contributed by atoms with E-state index in [1.165, 1.54) is 16.3 Å². The maximum absolute atomic E-state index is 4.80. The molecule has 0 fully saturated rings. The minimum atomic E-state index is 0.657. The van der Waals surface area contributed by atoms with Gasteiger partial charge in [0, 0.05) is 18.1 Å². The summed E-state index contributed by atoms with van der Waals surface area (Å²) < 4.78 is 0. The van der Waals surface area contributed by atoms with Gasteiger partial charge in [-0.25, -0.2) is 0 Å². The highest BCUT2D eigenvalue weighted by atomic mass is 14.8. The molecule has 92 valence electrons. The van der Waals surface area contributed by atoms with Crippen molar-refractivity contribution in [2.24, 2.45) is 10.9 Å². The Hall–Kier alpha value is -1.70. The van der Waals surface area contributed by atoms with Crippen molar-refractivity contribution in [1.82, 2.24) is 4.98 Å². The predicted molar refractivity (Wildman–Crippen MR) is 76.4 cm³/mol. The molecule has 1 aliphatic carbocycles. The van der Waals surface area contributed by atoms with E-state index in [2.05, 4.69) is 43.1 Å². The summed E-state index contributed by atoms with van der Waals surface area (Å²) in [6.45, 7) is 4.39. The SMILES string of the molecule is CN=C1CC(C)Cc2c1nc(C)c1ccccc21. The first-order valence-corrected chi connectivity index (χ1v) is 6.55. The monoisotopic (exact) mass is 238 g/mol. The molecule has 0 amide bonds. The third-order valence-electron chi connectivity index (χ3n) is 3.84. The molecule has 1 unspecified atom stereocenters. The van der Waals surface area contributed by atoms with Crippen LogP contribution in [0.5, 0.6) is 0 Å². The Morgan fingerprint density at radius 3 is 2.61 bits per heavy atom. The first-order valence-electron chi connectivity index (χ1n) is 6.55. The van der Waals surface area contributed by atoms with Gasteiger partial charge in [0.25, 0.3) is 0 Å². The molecule has 2 nitrogen and oxygen atoms in total. The van der Waals surface area contributed by atoms with E-state index in [1.54, 1.807) is 0 Å². The van der Waals surface area contributed by atoms with Gasteiger partial charge < -0.3 is 0 Å². The Morgan fingerprint density at radius 2 is 1.89 bits per heavy atom. The number of nitrogens with zero attached hydrogens (tertiary/aromatic N) is 2. The van der Waals surface area contributed by atoms with Crippen LogP contribution in [0.25, 0.3) is 10.8 Å². The number of rotatable bonds is 0. The number of hydrogen-bond acceptors (Lipinski definition) is 2. The summed E-state index contributed by atoms with van der Waals surface area (Å²) in [7, 11) is 1.88. The average molecular weight is 238 g/mol. The zero-order valence-electron chi connectivity index (χ0n) is 11.2. The van der Waals surface area contributed by atoms with E-state index in [-0.39, 0.29) is 0 Å². The van der Waals surface area contributed by atoms with Crippen LogP contribution < -0.4 is 0 Å². The summed E-state index contributed by atoms with van der Waals surface area (Å²) in [5.41, 5.74) is 4.79. The lowest BCUT2D eigenvalue weighted by Gasteiger charge is -2.24. The van der Waals surface area contributed by atoms with E-state index in [1.807, 2.05) is 7.05 Å². The molecular formula is C16H18N2. The zero-order valence-corrected chi connectivity index (χ0v) is 11.2. The van der Waals surface area contributed by atoms with Crippen LogP contribution in [0.1, 0.15) is 30.3 Å². The van der Waals surface area contributed by atoms with E-state index in [4.69, 9.17) is 4.98 Å².